The van der Waals surface area contributed by atoms with Gasteiger partial charge < -0.3 is 15.9 Å². The third kappa shape index (κ3) is 4.03. The first-order valence-electron chi connectivity index (χ1n) is 8.69. The van der Waals surface area contributed by atoms with Crippen molar-refractivity contribution in [1.29, 1.82) is 0 Å². The zero-order chi connectivity index (χ0) is 20.4. The highest BCUT2D eigenvalue weighted by Crippen LogP contribution is 2.30. The summed E-state index contributed by atoms with van der Waals surface area (Å²) in [7, 11) is 1.58. The Morgan fingerprint density at radius 3 is 2.93 bits per heavy atom. The first kappa shape index (κ1) is 19.2. The van der Waals surface area contributed by atoms with Gasteiger partial charge >= 0.3 is 0 Å². The lowest BCUT2D eigenvalue weighted by Gasteiger charge is -2.07. The monoisotopic (exact) mass is 426 g/mol. The van der Waals surface area contributed by atoms with Crippen molar-refractivity contribution < 1.29 is 9.53 Å². The predicted octanol–water partition coefficient (Wildman–Crippen LogP) is 3.32. The molecule has 0 unspecified atom stereocenters. The third-order valence-electron chi connectivity index (χ3n) is 4.14. The van der Waals surface area contributed by atoms with Gasteiger partial charge in [-0.25, -0.2) is 9.66 Å². The van der Waals surface area contributed by atoms with Crippen LogP contribution >= 0.6 is 23.1 Å². The number of hydrogen-bond acceptors (Lipinski definition) is 8. The van der Waals surface area contributed by atoms with Crippen LogP contribution in [0.5, 0.6) is 5.75 Å². The minimum atomic E-state index is -0.187. The molecular weight excluding hydrogens is 408 g/mol. The zero-order valence-electron chi connectivity index (χ0n) is 15.7. The maximum absolute atomic E-state index is 12.3. The Balaban J connectivity index is 1.43. The molecular formula is C19H18N6O2S2. The van der Waals surface area contributed by atoms with Crippen molar-refractivity contribution in [2.24, 2.45) is 0 Å². The highest BCUT2D eigenvalue weighted by Gasteiger charge is 2.17. The Kier molecular flexibility index (Phi) is 5.36. The standard InChI is InChI=1S/C19H18N6O2S2/c1-11-7-8-13-15(9-11)29-18(21-13)22-16(26)10-28-19-24-23-17(25(19)20)12-5-3-4-6-14(12)27-2/h3-9H,10,20H2,1-2H3,(H,21,22,26). The Labute approximate surface area is 175 Å². The van der Waals surface area contributed by atoms with Crippen molar-refractivity contribution >= 4 is 44.4 Å². The van der Waals surface area contributed by atoms with E-state index in [1.165, 1.54) is 27.8 Å². The van der Waals surface area contributed by atoms with E-state index in [1.807, 2.05) is 49.4 Å². The summed E-state index contributed by atoms with van der Waals surface area (Å²) in [6, 6.07) is 13.4. The topological polar surface area (TPSA) is 108 Å². The van der Waals surface area contributed by atoms with E-state index in [2.05, 4.69) is 20.5 Å². The van der Waals surface area contributed by atoms with Crippen LogP contribution in [0.2, 0.25) is 0 Å². The van der Waals surface area contributed by atoms with Crippen LogP contribution in [-0.2, 0) is 4.79 Å². The number of hydrogen-bond donors (Lipinski definition) is 2. The second kappa shape index (κ2) is 8.10. The molecule has 4 aromatic rings. The van der Waals surface area contributed by atoms with Gasteiger partial charge in [-0.3, -0.25) is 4.79 Å². The molecule has 0 fully saturated rings. The summed E-state index contributed by atoms with van der Waals surface area (Å²) in [5.74, 6) is 7.19. The third-order valence-corrected chi connectivity index (χ3v) is 6.01. The maximum atomic E-state index is 12.3. The van der Waals surface area contributed by atoms with Gasteiger partial charge in [-0.05, 0) is 36.8 Å². The molecule has 148 valence electrons. The molecule has 0 spiro atoms. The normalized spacial score (nSPS) is 11.0. The number of amides is 1. The Hall–Kier alpha value is -3.11. The number of aryl methyl sites for hydroxylation is 1. The number of rotatable bonds is 6. The molecule has 2 aromatic heterocycles. The number of nitrogens with zero attached hydrogens (tertiary/aromatic N) is 4. The van der Waals surface area contributed by atoms with Crippen LogP contribution in [0.1, 0.15) is 5.56 Å². The van der Waals surface area contributed by atoms with Crippen molar-refractivity contribution in [3.05, 3.63) is 48.0 Å². The fourth-order valence-electron chi connectivity index (χ4n) is 2.76. The first-order chi connectivity index (χ1) is 14.0. The van der Waals surface area contributed by atoms with E-state index in [9.17, 15) is 4.79 Å². The molecule has 2 aromatic carbocycles. The quantitative estimate of drug-likeness (QED) is 0.360. The number of para-hydroxylation sites is 1. The lowest BCUT2D eigenvalue weighted by Crippen LogP contribution is -2.16. The lowest BCUT2D eigenvalue weighted by atomic mass is 10.2. The molecule has 0 saturated carbocycles. The average molecular weight is 427 g/mol. The van der Waals surface area contributed by atoms with Crippen LogP contribution in [-0.4, -0.2) is 38.6 Å². The molecule has 1 amide bonds. The number of nitrogen functional groups attached to an aromatic ring is 1. The van der Waals surface area contributed by atoms with Gasteiger partial charge in [0.25, 0.3) is 0 Å². The van der Waals surface area contributed by atoms with Gasteiger partial charge in [0, 0.05) is 0 Å². The van der Waals surface area contributed by atoms with Crippen molar-refractivity contribution in [3.8, 4) is 17.1 Å². The van der Waals surface area contributed by atoms with Gasteiger partial charge in [0.05, 0.1) is 28.6 Å². The number of fused-ring (bicyclic) bond motifs is 1. The van der Waals surface area contributed by atoms with E-state index in [0.717, 1.165) is 21.3 Å². The van der Waals surface area contributed by atoms with E-state index in [4.69, 9.17) is 10.6 Å². The molecule has 0 aliphatic carbocycles. The molecule has 29 heavy (non-hydrogen) atoms. The van der Waals surface area contributed by atoms with Gasteiger partial charge in [-0.2, -0.15) is 0 Å². The Bertz CT molecular complexity index is 1190. The van der Waals surface area contributed by atoms with Crippen LogP contribution in [0.15, 0.2) is 47.6 Å². The number of nitrogens with one attached hydrogen (secondary N) is 1. The van der Waals surface area contributed by atoms with E-state index >= 15 is 0 Å². The summed E-state index contributed by atoms with van der Waals surface area (Å²) in [6.07, 6.45) is 0. The minimum Gasteiger partial charge on any atom is -0.496 e. The number of thiazole rings is 1. The minimum absolute atomic E-state index is 0.135. The Morgan fingerprint density at radius 2 is 2.10 bits per heavy atom. The van der Waals surface area contributed by atoms with Gasteiger partial charge in [-0.15, -0.1) is 10.2 Å². The molecule has 8 nitrogen and oxygen atoms in total. The van der Waals surface area contributed by atoms with Gasteiger partial charge in [0.1, 0.15) is 5.75 Å². The molecule has 4 rings (SSSR count). The molecule has 0 aliphatic rings. The first-order valence-corrected chi connectivity index (χ1v) is 10.5. The number of carbonyl (C=O) groups excluding carboxylic acids is 1. The summed E-state index contributed by atoms with van der Waals surface area (Å²) >= 11 is 2.65. The van der Waals surface area contributed by atoms with Gasteiger partial charge in [0.2, 0.25) is 11.1 Å². The lowest BCUT2D eigenvalue weighted by molar-refractivity contribution is -0.113. The van der Waals surface area contributed by atoms with Crippen molar-refractivity contribution in [2.45, 2.75) is 12.1 Å². The van der Waals surface area contributed by atoms with Crippen molar-refractivity contribution in [3.63, 3.8) is 0 Å². The fourth-order valence-corrected chi connectivity index (χ4v) is 4.40. The number of methoxy groups -OCH3 is 1. The van der Waals surface area contributed by atoms with Crippen molar-refractivity contribution in [2.75, 3.05) is 24.0 Å². The second-order valence-electron chi connectivity index (χ2n) is 6.20. The number of ether oxygens (including phenoxy) is 1. The summed E-state index contributed by atoms with van der Waals surface area (Å²) in [5.41, 5.74) is 2.75. The molecule has 0 radical (unpaired) electrons. The number of benzene rings is 2. The van der Waals surface area contributed by atoms with E-state index in [1.54, 1.807) is 7.11 Å². The van der Waals surface area contributed by atoms with Gasteiger partial charge in [-0.1, -0.05) is 41.3 Å². The van der Waals surface area contributed by atoms with Crippen LogP contribution in [0, 0.1) is 6.92 Å². The summed E-state index contributed by atoms with van der Waals surface area (Å²) in [5, 5.41) is 12.1. The SMILES string of the molecule is COc1ccccc1-c1nnc(SCC(=O)Nc2nc3ccc(C)cc3s2)n1N. The second-order valence-corrected chi connectivity index (χ2v) is 8.18. The number of carbonyl (C=O) groups is 1. The molecule has 0 atom stereocenters. The van der Waals surface area contributed by atoms with Crippen LogP contribution in [0.3, 0.4) is 0 Å². The van der Waals surface area contributed by atoms with E-state index < -0.39 is 0 Å². The predicted molar refractivity (Wildman–Crippen MR) is 116 cm³/mol. The van der Waals surface area contributed by atoms with E-state index in [0.29, 0.717) is 21.9 Å². The summed E-state index contributed by atoms with van der Waals surface area (Å²) in [4.78, 5) is 16.8. The number of aromatic nitrogens is 4. The molecule has 0 aliphatic heterocycles. The zero-order valence-corrected chi connectivity index (χ0v) is 17.4. The number of thioether (sulfide) groups is 1. The molecule has 0 saturated heterocycles. The van der Waals surface area contributed by atoms with Crippen LogP contribution < -0.4 is 15.9 Å². The van der Waals surface area contributed by atoms with Crippen molar-refractivity contribution in [1.82, 2.24) is 19.9 Å². The van der Waals surface area contributed by atoms with Gasteiger partial charge in [0.15, 0.2) is 11.0 Å². The highest BCUT2D eigenvalue weighted by molar-refractivity contribution is 7.99. The average Bonchev–Trinajstić information content (AvgIpc) is 3.28. The fraction of sp³-hybridized carbons (Fsp3) is 0.158. The smallest absolute Gasteiger partial charge is 0.236 e. The molecule has 3 N–H and O–H groups in total. The highest BCUT2D eigenvalue weighted by atomic mass is 32.2. The van der Waals surface area contributed by atoms with E-state index in [-0.39, 0.29) is 11.7 Å². The number of nitrogens with two attached hydrogens (primary N) is 1. The molecule has 2 heterocycles. The maximum Gasteiger partial charge on any atom is 0.236 e. The summed E-state index contributed by atoms with van der Waals surface area (Å²) < 4.78 is 7.74. The molecule has 10 heteroatoms. The Morgan fingerprint density at radius 1 is 1.28 bits per heavy atom. The van der Waals surface area contributed by atoms with Crippen LogP contribution in [0.25, 0.3) is 21.6 Å². The summed E-state index contributed by atoms with van der Waals surface area (Å²) in [6.45, 7) is 2.02. The number of anilines is 1. The largest absolute Gasteiger partial charge is 0.496 e. The van der Waals surface area contributed by atoms with Crippen LogP contribution in [0.4, 0.5) is 5.13 Å². The molecule has 0 bridgehead atoms.